The van der Waals surface area contributed by atoms with Crippen LogP contribution in [0.5, 0.6) is 0 Å². The van der Waals surface area contributed by atoms with E-state index in [4.69, 9.17) is 9.47 Å². The SMILES string of the molecule is COC1C(C)OC(O)C(O)C1OO[S-](=O)=O.[Na+]. The van der Waals surface area contributed by atoms with Gasteiger partial charge in [-0.2, -0.15) is 0 Å². The molecule has 96 valence electrons. The van der Waals surface area contributed by atoms with Crippen LogP contribution in [0.4, 0.5) is 0 Å². The molecule has 1 aliphatic rings. The second-order valence-electron chi connectivity index (χ2n) is 3.26. The average Bonchev–Trinajstić information content (AvgIpc) is 2.20. The predicted molar refractivity (Wildman–Crippen MR) is 48.1 cm³/mol. The van der Waals surface area contributed by atoms with E-state index in [9.17, 15) is 18.6 Å². The zero-order valence-corrected chi connectivity index (χ0v) is 12.5. The zero-order chi connectivity index (χ0) is 12.3. The average molecular weight is 280 g/mol. The molecule has 0 aromatic heterocycles. The van der Waals surface area contributed by atoms with Gasteiger partial charge in [-0.25, -0.2) is 4.89 Å². The molecule has 0 spiro atoms. The van der Waals surface area contributed by atoms with Gasteiger partial charge in [0.1, 0.15) is 12.2 Å². The van der Waals surface area contributed by atoms with Gasteiger partial charge in [0.15, 0.2) is 12.4 Å². The molecule has 0 aromatic rings. The maximum atomic E-state index is 10.1. The molecule has 1 saturated heterocycles. The second kappa shape index (κ2) is 8.00. The fourth-order valence-electron chi connectivity index (χ4n) is 1.52. The van der Waals surface area contributed by atoms with Crippen molar-refractivity contribution >= 4 is 11.0 Å². The van der Waals surface area contributed by atoms with Gasteiger partial charge in [-0.1, -0.05) is 0 Å². The van der Waals surface area contributed by atoms with Crippen molar-refractivity contribution in [2.75, 3.05) is 7.11 Å². The van der Waals surface area contributed by atoms with Gasteiger partial charge < -0.3 is 28.1 Å². The van der Waals surface area contributed by atoms with Crippen molar-refractivity contribution in [3.63, 3.8) is 0 Å². The molecule has 5 unspecified atom stereocenters. The molecule has 0 bridgehead atoms. The zero-order valence-electron chi connectivity index (χ0n) is 9.64. The van der Waals surface area contributed by atoms with Gasteiger partial charge >= 0.3 is 29.6 Å². The quantitative estimate of drug-likeness (QED) is 0.230. The summed E-state index contributed by atoms with van der Waals surface area (Å²) in [5, 5.41) is 18.8. The summed E-state index contributed by atoms with van der Waals surface area (Å²) in [5.41, 5.74) is 0. The minimum absolute atomic E-state index is 0. The number of hydrogen-bond donors (Lipinski definition) is 2. The van der Waals surface area contributed by atoms with Gasteiger partial charge in [-0.3, -0.25) is 4.33 Å². The summed E-state index contributed by atoms with van der Waals surface area (Å²) in [7, 11) is -1.55. The fraction of sp³-hybridized carbons (Fsp3) is 1.00. The summed E-state index contributed by atoms with van der Waals surface area (Å²) in [6, 6.07) is 0. The minimum Gasteiger partial charge on any atom is -0.394 e. The maximum absolute atomic E-state index is 10.1. The van der Waals surface area contributed by atoms with Crippen molar-refractivity contribution < 1.29 is 66.9 Å². The van der Waals surface area contributed by atoms with Gasteiger partial charge in [0, 0.05) is 7.11 Å². The summed E-state index contributed by atoms with van der Waals surface area (Å²) in [5.74, 6) is 0. The summed E-state index contributed by atoms with van der Waals surface area (Å²) in [4.78, 5) is 4.47. The number of ether oxygens (including phenoxy) is 2. The summed E-state index contributed by atoms with van der Waals surface area (Å²) in [6.45, 7) is 1.58. The van der Waals surface area contributed by atoms with Crippen LogP contribution in [0.1, 0.15) is 6.92 Å². The molecule has 10 heteroatoms. The second-order valence-corrected chi connectivity index (χ2v) is 3.80. The van der Waals surface area contributed by atoms with Crippen LogP contribution in [0.2, 0.25) is 0 Å². The Bertz CT molecular complexity index is 290. The van der Waals surface area contributed by atoms with Crippen molar-refractivity contribution in [2.24, 2.45) is 0 Å². The third kappa shape index (κ3) is 4.71. The predicted octanol–water partition coefficient (Wildman–Crippen LogP) is -4.36. The fourth-order valence-corrected chi connectivity index (χ4v) is 1.67. The Morgan fingerprint density at radius 2 is 1.82 bits per heavy atom. The van der Waals surface area contributed by atoms with E-state index in [1.54, 1.807) is 6.92 Å². The van der Waals surface area contributed by atoms with Gasteiger partial charge in [0.25, 0.3) is 0 Å². The van der Waals surface area contributed by atoms with Crippen LogP contribution in [0.3, 0.4) is 0 Å². The molecule has 8 nitrogen and oxygen atoms in total. The van der Waals surface area contributed by atoms with Gasteiger partial charge in [-0.15, -0.1) is 0 Å². The number of rotatable bonds is 4. The number of aliphatic hydroxyl groups excluding tert-OH is 2. The van der Waals surface area contributed by atoms with Crippen LogP contribution in [-0.4, -0.2) is 48.0 Å². The van der Waals surface area contributed by atoms with Crippen molar-refractivity contribution in [3.8, 4) is 0 Å². The summed E-state index contributed by atoms with van der Waals surface area (Å²) < 4.78 is 34.1. The molecule has 0 radical (unpaired) electrons. The normalized spacial score (nSPS) is 37.8. The minimum atomic E-state index is -2.88. The van der Waals surface area contributed by atoms with E-state index in [1.165, 1.54) is 7.11 Å². The van der Waals surface area contributed by atoms with Crippen molar-refractivity contribution in [1.29, 1.82) is 0 Å². The van der Waals surface area contributed by atoms with Gasteiger partial charge in [0.05, 0.1) is 17.1 Å². The molecule has 1 fully saturated rings. The molecule has 0 aromatic carbocycles. The van der Waals surface area contributed by atoms with E-state index in [0.29, 0.717) is 0 Å². The molecular weight excluding hydrogens is 267 g/mol. The van der Waals surface area contributed by atoms with E-state index in [0.717, 1.165) is 0 Å². The first-order valence-electron chi connectivity index (χ1n) is 4.44. The molecule has 1 heterocycles. The Kier molecular flexibility index (Phi) is 8.33. The van der Waals surface area contributed by atoms with E-state index in [-0.39, 0.29) is 29.6 Å². The molecular formula is C7H13NaO8S. The van der Waals surface area contributed by atoms with Crippen LogP contribution in [0, 0.1) is 0 Å². The molecule has 5 atom stereocenters. The van der Waals surface area contributed by atoms with Crippen molar-refractivity contribution in [3.05, 3.63) is 0 Å². The number of methoxy groups -OCH3 is 1. The number of hydrogen-bond acceptors (Lipinski definition) is 9. The first kappa shape index (κ1) is 17.7. The van der Waals surface area contributed by atoms with Crippen LogP contribution in [0.25, 0.3) is 0 Å². The molecule has 0 saturated carbocycles. The Labute approximate surface area is 122 Å². The Morgan fingerprint density at radius 3 is 2.29 bits per heavy atom. The first-order chi connectivity index (χ1) is 7.47. The van der Waals surface area contributed by atoms with Gasteiger partial charge in [0.2, 0.25) is 0 Å². The Morgan fingerprint density at radius 1 is 1.24 bits per heavy atom. The number of aliphatic hydroxyl groups is 2. The smallest absolute Gasteiger partial charge is 0.394 e. The topological polar surface area (TPSA) is 112 Å². The third-order valence-corrected chi connectivity index (χ3v) is 2.44. The Balaban J connectivity index is 0.00000256. The molecule has 1 aliphatic heterocycles. The van der Waals surface area contributed by atoms with Crippen molar-refractivity contribution in [1.82, 2.24) is 0 Å². The van der Waals surface area contributed by atoms with Crippen LogP contribution < -0.4 is 29.6 Å². The molecule has 0 aliphatic carbocycles. The molecule has 1 rings (SSSR count). The van der Waals surface area contributed by atoms with Gasteiger partial charge in [-0.05, 0) is 6.92 Å². The van der Waals surface area contributed by atoms with Crippen LogP contribution >= 0.6 is 0 Å². The third-order valence-electron chi connectivity index (χ3n) is 2.25. The monoisotopic (exact) mass is 280 g/mol. The van der Waals surface area contributed by atoms with E-state index in [1.807, 2.05) is 0 Å². The standard InChI is InChI=1S/C7H13O8S.Na/c1-3-5(12-2)6(14-15-16(10)11)4(8)7(9)13-3;/h3-9H,1-2H3;/q-1;+1. The molecule has 17 heavy (non-hydrogen) atoms. The van der Waals surface area contributed by atoms with E-state index >= 15 is 0 Å². The van der Waals surface area contributed by atoms with E-state index < -0.39 is 41.7 Å². The molecule has 0 amide bonds. The maximum Gasteiger partial charge on any atom is 1.00 e. The van der Waals surface area contributed by atoms with Crippen LogP contribution in [-0.2, 0) is 38.1 Å². The van der Waals surface area contributed by atoms with Crippen LogP contribution in [0.15, 0.2) is 0 Å². The summed E-state index contributed by atoms with van der Waals surface area (Å²) >= 11 is 0. The molecule has 2 N–H and O–H groups in total. The Hall–Kier alpha value is 0.710. The van der Waals surface area contributed by atoms with E-state index in [2.05, 4.69) is 9.22 Å². The summed E-state index contributed by atoms with van der Waals surface area (Å²) in [6.07, 6.45) is -5.47. The first-order valence-corrected chi connectivity index (χ1v) is 5.44. The van der Waals surface area contributed by atoms with Crippen molar-refractivity contribution in [2.45, 2.75) is 37.6 Å². The largest absolute Gasteiger partial charge is 1.00 e.